The van der Waals surface area contributed by atoms with Crippen molar-refractivity contribution >= 4 is 33.2 Å². The molecule has 0 saturated carbocycles. The van der Waals surface area contributed by atoms with Gasteiger partial charge in [0, 0.05) is 10.0 Å². The fourth-order valence-corrected chi connectivity index (χ4v) is 3.58. The Morgan fingerprint density at radius 3 is 2.85 bits per heavy atom. The molecule has 1 heterocycles. The number of nitrogens with zero attached hydrogens (tertiary/aromatic N) is 1. The molecule has 0 spiro atoms. The lowest BCUT2D eigenvalue weighted by molar-refractivity contribution is 0.0692. The molecule has 6 heteroatoms. The summed E-state index contributed by atoms with van der Waals surface area (Å²) in [5.74, 6) is -0.321. The van der Waals surface area contributed by atoms with Gasteiger partial charge in [-0.1, -0.05) is 22.9 Å². The van der Waals surface area contributed by atoms with Crippen LogP contribution in [0.1, 0.15) is 28.8 Å². The van der Waals surface area contributed by atoms with E-state index in [9.17, 15) is 9.90 Å². The van der Waals surface area contributed by atoms with Crippen LogP contribution in [-0.2, 0) is 6.42 Å². The first-order valence-corrected chi connectivity index (χ1v) is 7.74. The predicted molar refractivity (Wildman–Crippen MR) is 82.8 cm³/mol. The number of hydrogen-bond acceptors (Lipinski definition) is 4. The minimum Gasteiger partial charge on any atom is -0.497 e. The van der Waals surface area contributed by atoms with Gasteiger partial charge in [-0.3, -0.25) is 0 Å². The van der Waals surface area contributed by atoms with Crippen molar-refractivity contribution in [3.8, 4) is 16.2 Å². The van der Waals surface area contributed by atoms with Crippen molar-refractivity contribution in [3.63, 3.8) is 0 Å². The molecule has 0 bridgehead atoms. The summed E-state index contributed by atoms with van der Waals surface area (Å²) in [6, 6.07) is 5.49. The normalized spacial score (nSPS) is 10.6. The summed E-state index contributed by atoms with van der Waals surface area (Å²) in [6.07, 6.45) is 1.72. The first-order chi connectivity index (χ1) is 9.56. The molecule has 4 nitrogen and oxygen atoms in total. The van der Waals surface area contributed by atoms with E-state index in [2.05, 4.69) is 20.9 Å². The standard InChI is InChI=1S/C14H14BrNO3S/c1-3-4-11-16-12(14(17)18)13(20-11)9-7-8(19-2)5-6-10(9)15/h5-7H,3-4H2,1-2H3,(H,17,18). The van der Waals surface area contributed by atoms with Crippen LogP contribution in [0, 0.1) is 0 Å². The van der Waals surface area contributed by atoms with Crippen LogP contribution in [0.3, 0.4) is 0 Å². The van der Waals surface area contributed by atoms with Crippen LogP contribution < -0.4 is 4.74 Å². The number of rotatable bonds is 5. The van der Waals surface area contributed by atoms with Crippen molar-refractivity contribution in [2.75, 3.05) is 7.11 Å². The van der Waals surface area contributed by atoms with Crippen LogP contribution in [0.15, 0.2) is 22.7 Å². The van der Waals surface area contributed by atoms with Gasteiger partial charge in [-0.15, -0.1) is 11.3 Å². The molecule has 0 atom stereocenters. The second-order valence-electron chi connectivity index (χ2n) is 4.19. The van der Waals surface area contributed by atoms with Gasteiger partial charge in [0.25, 0.3) is 0 Å². The van der Waals surface area contributed by atoms with Gasteiger partial charge in [0.05, 0.1) is 17.0 Å². The van der Waals surface area contributed by atoms with Gasteiger partial charge in [-0.2, -0.15) is 0 Å². The minimum absolute atomic E-state index is 0.104. The Morgan fingerprint density at radius 1 is 1.50 bits per heavy atom. The monoisotopic (exact) mass is 355 g/mol. The summed E-state index contributed by atoms with van der Waals surface area (Å²) in [5.41, 5.74) is 0.897. The quantitative estimate of drug-likeness (QED) is 0.871. The van der Waals surface area contributed by atoms with Crippen LogP contribution in [0.25, 0.3) is 10.4 Å². The molecule has 0 aliphatic heterocycles. The van der Waals surface area contributed by atoms with Gasteiger partial charge in [0.1, 0.15) is 5.75 Å². The molecular weight excluding hydrogens is 342 g/mol. The summed E-state index contributed by atoms with van der Waals surface area (Å²) in [4.78, 5) is 16.3. The van der Waals surface area contributed by atoms with Crippen LogP contribution in [-0.4, -0.2) is 23.2 Å². The van der Waals surface area contributed by atoms with Crippen molar-refractivity contribution in [2.45, 2.75) is 19.8 Å². The first kappa shape index (κ1) is 15.0. The van der Waals surface area contributed by atoms with Crippen LogP contribution in [0.5, 0.6) is 5.75 Å². The van der Waals surface area contributed by atoms with Gasteiger partial charge in [0.15, 0.2) is 5.69 Å². The summed E-state index contributed by atoms with van der Waals surface area (Å²) < 4.78 is 6.03. The molecule has 1 aromatic heterocycles. The number of aromatic nitrogens is 1. The fraction of sp³-hybridized carbons (Fsp3) is 0.286. The Bertz CT molecular complexity index is 639. The van der Waals surface area contributed by atoms with Gasteiger partial charge < -0.3 is 9.84 Å². The highest BCUT2D eigenvalue weighted by atomic mass is 79.9. The molecule has 1 aromatic carbocycles. The van der Waals surface area contributed by atoms with E-state index in [0.29, 0.717) is 10.6 Å². The topological polar surface area (TPSA) is 59.4 Å². The summed E-state index contributed by atoms with van der Waals surface area (Å²) in [6.45, 7) is 2.04. The third-order valence-electron chi connectivity index (χ3n) is 2.76. The lowest BCUT2D eigenvalue weighted by atomic mass is 10.1. The highest BCUT2D eigenvalue weighted by Crippen LogP contribution is 2.37. The number of carboxylic acid groups (broad SMARTS) is 1. The fourth-order valence-electron chi connectivity index (χ4n) is 1.82. The summed E-state index contributed by atoms with van der Waals surface area (Å²) >= 11 is 4.88. The molecule has 20 heavy (non-hydrogen) atoms. The Hall–Kier alpha value is -1.40. The number of methoxy groups -OCH3 is 1. The van der Waals surface area contributed by atoms with E-state index >= 15 is 0 Å². The third kappa shape index (κ3) is 3.02. The largest absolute Gasteiger partial charge is 0.497 e. The number of halogens is 1. The van der Waals surface area contributed by atoms with Gasteiger partial charge >= 0.3 is 5.97 Å². The zero-order chi connectivity index (χ0) is 14.7. The predicted octanol–water partition coefficient (Wildman–Crippen LogP) is 4.23. The number of aryl methyl sites for hydroxylation is 1. The van der Waals surface area contributed by atoms with E-state index in [-0.39, 0.29) is 5.69 Å². The van der Waals surface area contributed by atoms with Crippen LogP contribution in [0.2, 0.25) is 0 Å². The Balaban J connectivity index is 2.58. The number of hydrogen-bond donors (Lipinski definition) is 1. The van der Waals surface area contributed by atoms with Gasteiger partial charge in [-0.05, 0) is 31.0 Å². The second-order valence-corrected chi connectivity index (χ2v) is 6.12. The summed E-state index contributed by atoms with van der Waals surface area (Å²) in [7, 11) is 1.58. The van der Waals surface area contributed by atoms with E-state index < -0.39 is 5.97 Å². The SMILES string of the molecule is CCCc1nc(C(=O)O)c(-c2cc(OC)ccc2Br)s1. The number of ether oxygens (including phenoxy) is 1. The van der Waals surface area contributed by atoms with Gasteiger partial charge in [0.2, 0.25) is 0 Å². The van der Waals surface area contributed by atoms with Crippen LogP contribution >= 0.6 is 27.3 Å². The van der Waals surface area contributed by atoms with Crippen molar-refractivity contribution in [3.05, 3.63) is 33.4 Å². The van der Waals surface area contributed by atoms with E-state index in [1.54, 1.807) is 7.11 Å². The molecule has 0 fully saturated rings. The Kier molecular flexibility index (Phi) is 4.77. The smallest absolute Gasteiger partial charge is 0.356 e. The maximum absolute atomic E-state index is 11.4. The number of carboxylic acids is 1. The van der Waals surface area contributed by atoms with Gasteiger partial charge in [-0.25, -0.2) is 9.78 Å². The molecule has 0 unspecified atom stereocenters. The Labute approximate surface area is 129 Å². The van der Waals surface area contributed by atoms with Crippen molar-refractivity contribution in [1.82, 2.24) is 4.98 Å². The molecule has 0 radical (unpaired) electrons. The van der Waals surface area contributed by atoms with E-state index in [0.717, 1.165) is 27.9 Å². The molecule has 2 rings (SSSR count). The highest BCUT2D eigenvalue weighted by molar-refractivity contribution is 9.10. The minimum atomic E-state index is -1.01. The molecule has 2 aromatic rings. The third-order valence-corrected chi connectivity index (χ3v) is 4.60. The lowest BCUT2D eigenvalue weighted by Crippen LogP contribution is -1.99. The molecule has 0 saturated heterocycles. The maximum atomic E-state index is 11.4. The number of aromatic carboxylic acids is 1. The molecule has 1 N–H and O–H groups in total. The van der Waals surface area contributed by atoms with Crippen LogP contribution in [0.4, 0.5) is 0 Å². The second kappa shape index (κ2) is 6.37. The van der Waals surface area contributed by atoms with Crippen molar-refractivity contribution in [2.24, 2.45) is 0 Å². The first-order valence-electron chi connectivity index (χ1n) is 6.13. The molecule has 0 aliphatic rings. The van der Waals surface area contributed by atoms with Crippen molar-refractivity contribution in [1.29, 1.82) is 0 Å². The summed E-state index contributed by atoms with van der Waals surface area (Å²) in [5, 5.41) is 10.2. The molecule has 0 aliphatic carbocycles. The molecule has 106 valence electrons. The zero-order valence-electron chi connectivity index (χ0n) is 11.1. The Morgan fingerprint density at radius 2 is 2.25 bits per heavy atom. The van der Waals surface area contributed by atoms with E-state index in [4.69, 9.17) is 4.74 Å². The number of thiazole rings is 1. The lowest BCUT2D eigenvalue weighted by Gasteiger charge is -2.06. The molecule has 0 amide bonds. The number of carbonyl (C=O) groups is 1. The van der Waals surface area contributed by atoms with E-state index in [1.165, 1.54) is 11.3 Å². The van der Waals surface area contributed by atoms with Crippen molar-refractivity contribution < 1.29 is 14.6 Å². The molecular formula is C14H14BrNO3S. The number of benzene rings is 1. The van der Waals surface area contributed by atoms with E-state index in [1.807, 2.05) is 25.1 Å². The highest BCUT2D eigenvalue weighted by Gasteiger charge is 2.20. The average molecular weight is 356 g/mol. The average Bonchev–Trinajstić information content (AvgIpc) is 2.84. The maximum Gasteiger partial charge on any atom is 0.356 e. The zero-order valence-corrected chi connectivity index (χ0v) is 13.5.